The summed E-state index contributed by atoms with van der Waals surface area (Å²) in [5, 5.41) is 1.78. The third-order valence-corrected chi connectivity index (χ3v) is 8.50. The Labute approximate surface area is 257 Å². The fourth-order valence-electron chi connectivity index (χ4n) is 5.54. The van der Waals surface area contributed by atoms with Crippen molar-refractivity contribution >= 4 is 39.9 Å². The molecule has 9 heteroatoms. The maximum Gasteiger partial charge on any atom is 0.338 e. The van der Waals surface area contributed by atoms with E-state index in [4.69, 9.17) is 23.9 Å². The summed E-state index contributed by atoms with van der Waals surface area (Å²) in [6.45, 7) is 1.91. The minimum Gasteiger partial charge on any atom is -0.497 e. The van der Waals surface area contributed by atoms with Crippen LogP contribution in [-0.2, 0) is 9.53 Å². The van der Waals surface area contributed by atoms with Crippen molar-refractivity contribution < 1.29 is 23.7 Å². The van der Waals surface area contributed by atoms with Gasteiger partial charge in [0.15, 0.2) is 4.80 Å². The number of fused-ring (bicyclic) bond motifs is 2. The third-order valence-electron chi connectivity index (χ3n) is 7.52. The SMILES string of the molecule is CCOC(=O)C1=C(c2ccccc2)N=c2sc(=Cc3cc(OC)ccc3OC)c(=O)n2C1c1c(OC)ccc2ccccc12. The topological polar surface area (TPSA) is 88.4 Å². The number of nitrogens with zero attached hydrogens (tertiary/aromatic N) is 2. The van der Waals surface area contributed by atoms with Gasteiger partial charge in [-0.25, -0.2) is 9.79 Å². The normalized spacial score (nSPS) is 14.6. The van der Waals surface area contributed by atoms with E-state index in [1.165, 1.54) is 11.3 Å². The minimum absolute atomic E-state index is 0.157. The zero-order valence-electron chi connectivity index (χ0n) is 24.7. The Morgan fingerprint density at radius 2 is 1.64 bits per heavy atom. The lowest BCUT2D eigenvalue weighted by Crippen LogP contribution is -2.40. The minimum atomic E-state index is -0.893. The molecule has 0 amide bonds. The standard InChI is InChI=1S/C35H30N2O6S/c1-5-43-34(39)30-31(22-12-7-6-8-13-22)36-35-37(32(30)29-25-14-10-9-11-21(25)15-17-27(29)42-4)33(38)28(44-35)20-23-19-24(40-2)16-18-26(23)41-3/h6-20,32H,5H2,1-4H3. The predicted molar refractivity (Wildman–Crippen MR) is 171 cm³/mol. The Balaban J connectivity index is 1.74. The number of carbonyl (C=O) groups excluding carboxylic acids is 1. The first-order valence-electron chi connectivity index (χ1n) is 14.0. The van der Waals surface area contributed by atoms with E-state index in [1.807, 2.05) is 72.8 Å². The van der Waals surface area contributed by atoms with Gasteiger partial charge >= 0.3 is 5.97 Å². The Kier molecular flexibility index (Phi) is 8.04. The Hall–Kier alpha value is -5.15. The number of esters is 1. The number of rotatable bonds is 8. The highest BCUT2D eigenvalue weighted by Gasteiger charge is 2.37. The summed E-state index contributed by atoms with van der Waals surface area (Å²) in [6, 6.07) is 25.6. The lowest BCUT2D eigenvalue weighted by Gasteiger charge is -2.28. The van der Waals surface area contributed by atoms with Crippen LogP contribution in [0.2, 0.25) is 0 Å². The van der Waals surface area contributed by atoms with Crippen molar-refractivity contribution in [3.05, 3.63) is 127 Å². The molecule has 0 spiro atoms. The van der Waals surface area contributed by atoms with E-state index in [-0.39, 0.29) is 17.7 Å². The van der Waals surface area contributed by atoms with E-state index in [9.17, 15) is 9.59 Å². The van der Waals surface area contributed by atoms with E-state index in [2.05, 4.69) is 0 Å². The van der Waals surface area contributed by atoms with Crippen molar-refractivity contribution in [2.24, 2.45) is 4.99 Å². The monoisotopic (exact) mass is 606 g/mol. The molecule has 5 aromatic rings. The lowest BCUT2D eigenvalue weighted by molar-refractivity contribution is -0.138. The summed E-state index contributed by atoms with van der Waals surface area (Å²) >= 11 is 1.24. The lowest BCUT2D eigenvalue weighted by atomic mass is 9.89. The summed E-state index contributed by atoms with van der Waals surface area (Å²) in [5.41, 5.74) is 2.45. The van der Waals surface area contributed by atoms with Gasteiger partial charge in [0.05, 0.1) is 43.7 Å². The number of ether oxygens (including phenoxy) is 4. The summed E-state index contributed by atoms with van der Waals surface area (Å²) in [7, 11) is 4.74. The van der Waals surface area contributed by atoms with Crippen molar-refractivity contribution in [2.45, 2.75) is 13.0 Å². The van der Waals surface area contributed by atoms with Crippen molar-refractivity contribution in [1.82, 2.24) is 4.57 Å². The van der Waals surface area contributed by atoms with E-state index in [1.54, 1.807) is 51.0 Å². The number of hydrogen-bond donors (Lipinski definition) is 0. The molecule has 0 fully saturated rings. The van der Waals surface area contributed by atoms with Crippen molar-refractivity contribution in [3.63, 3.8) is 0 Å². The predicted octanol–water partition coefficient (Wildman–Crippen LogP) is 5.11. The molecule has 44 heavy (non-hydrogen) atoms. The molecule has 0 saturated carbocycles. The second-order valence-corrected chi connectivity index (χ2v) is 11.0. The van der Waals surface area contributed by atoms with E-state index >= 15 is 0 Å². The van der Waals surface area contributed by atoms with Crippen molar-refractivity contribution in [2.75, 3.05) is 27.9 Å². The van der Waals surface area contributed by atoms with Crippen LogP contribution in [-0.4, -0.2) is 38.5 Å². The van der Waals surface area contributed by atoms with Crippen LogP contribution in [0, 0.1) is 0 Å². The Bertz CT molecular complexity index is 2100. The first-order chi connectivity index (χ1) is 21.5. The summed E-state index contributed by atoms with van der Waals surface area (Å²) < 4.78 is 24.5. The largest absolute Gasteiger partial charge is 0.497 e. The summed E-state index contributed by atoms with van der Waals surface area (Å²) in [6.07, 6.45) is 1.76. The zero-order valence-corrected chi connectivity index (χ0v) is 25.5. The van der Waals surface area contributed by atoms with E-state index in [0.29, 0.717) is 43.4 Å². The molecule has 222 valence electrons. The fourth-order valence-corrected chi connectivity index (χ4v) is 6.53. The molecule has 1 aliphatic rings. The Morgan fingerprint density at radius 3 is 2.36 bits per heavy atom. The average Bonchev–Trinajstić information content (AvgIpc) is 3.37. The molecular weight excluding hydrogens is 576 g/mol. The van der Waals surface area contributed by atoms with Gasteiger partial charge in [-0.1, -0.05) is 72.0 Å². The van der Waals surface area contributed by atoms with E-state index < -0.39 is 12.0 Å². The van der Waals surface area contributed by atoms with Crippen LogP contribution in [0.3, 0.4) is 0 Å². The van der Waals surface area contributed by atoms with Crippen molar-refractivity contribution in [1.29, 1.82) is 0 Å². The highest BCUT2D eigenvalue weighted by Crippen LogP contribution is 2.42. The first-order valence-corrected chi connectivity index (χ1v) is 14.9. The molecule has 2 heterocycles. The summed E-state index contributed by atoms with van der Waals surface area (Å²) in [4.78, 5) is 33.8. The van der Waals surface area contributed by atoms with Gasteiger partial charge in [0.1, 0.15) is 23.3 Å². The quantitative estimate of drug-likeness (QED) is 0.228. The van der Waals surface area contributed by atoms with Gasteiger partial charge in [-0.15, -0.1) is 0 Å². The maximum absolute atomic E-state index is 14.5. The van der Waals surface area contributed by atoms with Gasteiger partial charge < -0.3 is 18.9 Å². The smallest absolute Gasteiger partial charge is 0.338 e. The number of hydrogen-bond acceptors (Lipinski definition) is 8. The molecule has 6 rings (SSSR count). The number of aromatic nitrogens is 1. The van der Waals surface area contributed by atoms with Crippen LogP contribution >= 0.6 is 11.3 Å². The fraction of sp³-hybridized carbons (Fsp3) is 0.171. The van der Waals surface area contributed by atoms with Gasteiger partial charge in [-0.2, -0.15) is 0 Å². The van der Waals surface area contributed by atoms with Crippen LogP contribution in [0.25, 0.3) is 22.5 Å². The molecular formula is C35H30N2O6S. The molecule has 1 aliphatic heterocycles. The number of thiazole rings is 1. The summed E-state index contributed by atoms with van der Waals surface area (Å²) in [5.74, 6) is 1.19. The molecule has 0 saturated heterocycles. The van der Waals surface area contributed by atoms with Crippen LogP contribution in [0.15, 0.2) is 100 Å². The number of carbonyl (C=O) groups is 1. The Morgan fingerprint density at radius 1 is 0.909 bits per heavy atom. The molecule has 0 bridgehead atoms. The average molecular weight is 607 g/mol. The molecule has 1 unspecified atom stereocenters. The molecule has 8 nitrogen and oxygen atoms in total. The van der Waals surface area contributed by atoms with Gasteiger partial charge in [0, 0.05) is 16.7 Å². The zero-order chi connectivity index (χ0) is 30.8. The van der Waals surface area contributed by atoms with Crippen molar-refractivity contribution in [3.8, 4) is 17.2 Å². The molecule has 1 atom stereocenters. The maximum atomic E-state index is 14.5. The van der Waals surface area contributed by atoms with Gasteiger partial charge in [-0.05, 0) is 48.0 Å². The molecule has 0 radical (unpaired) electrons. The molecule has 4 aromatic carbocycles. The molecule has 0 aliphatic carbocycles. The third kappa shape index (κ3) is 5.05. The second-order valence-electron chi connectivity index (χ2n) is 9.94. The highest BCUT2D eigenvalue weighted by molar-refractivity contribution is 7.07. The van der Waals surface area contributed by atoms with Crippen LogP contribution < -0.4 is 29.1 Å². The van der Waals surface area contributed by atoms with Gasteiger partial charge in [0.25, 0.3) is 5.56 Å². The van der Waals surface area contributed by atoms with Gasteiger partial charge in [-0.3, -0.25) is 9.36 Å². The number of methoxy groups -OCH3 is 3. The van der Waals surface area contributed by atoms with Crippen LogP contribution in [0.4, 0.5) is 0 Å². The molecule has 1 aromatic heterocycles. The molecule has 0 N–H and O–H groups in total. The van der Waals surface area contributed by atoms with Crippen LogP contribution in [0.5, 0.6) is 17.2 Å². The highest BCUT2D eigenvalue weighted by atomic mass is 32.1. The number of benzene rings is 4. The van der Waals surface area contributed by atoms with Crippen LogP contribution in [0.1, 0.15) is 29.7 Å². The van der Waals surface area contributed by atoms with E-state index in [0.717, 1.165) is 16.3 Å². The first kappa shape index (κ1) is 28.9. The second kappa shape index (κ2) is 12.2. The van der Waals surface area contributed by atoms with Gasteiger partial charge in [0.2, 0.25) is 0 Å².